The molecule has 0 fully saturated rings. The number of rotatable bonds is 8. The van der Waals surface area contributed by atoms with Crippen LogP contribution in [0.1, 0.15) is 32.6 Å². The monoisotopic (exact) mass is 475 g/mol. The molecule has 0 aliphatic heterocycles. The first kappa shape index (κ1) is 23.2. The van der Waals surface area contributed by atoms with Crippen molar-refractivity contribution >= 4 is 21.6 Å². The summed E-state index contributed by atoms with van der Waals surface area (Å²) in [6.45, 7) is 4.73. The zero-order chi connectivity index (χ0) is 24.1. The Morgan fingerprint density at radius 3 is 2.44 bits per heavy atom. The molecule has 0 saturated heterocycles. The number of amides is 1. The van der Waals surface area contributed by atoms with Crippen molar-refractivity contribution in [2.45, 2.75) is 31.8 Å². The van der Waals surface area contributed by atoms with E-state index in [1.807, 2.05) is 44.2 Å². The third-order valence-corrected chi connectivity index (χ3v) is 6.91. The molecule has 0 bridgehead atoms. The molecule has 34 heavy (non-hydrogen) atoms. The molecular formula is C25H25N5O3S. The predicted octanol–water partition coefficient (Wildman–Crippen LogP) is 3.67. The highest BCUT2D eigenvalue weighted by Crippen LogP contribution is 2.22. The molecule has 2 N–H and O–H groups in total. The standard InChI is InChI=1S/C25H25N5O3S/c1-18-5-3-8-24(19(18)2)29-34(32,33)23-11-9-22(10-12-23)25(31)27-14-20-6-4-7-21(13-20)15-30-17-26-16-28-30/h3-13,16-17,29H,14-15H2,1-2H3,(H,27,31). The van der Waals surface area contributed by atoms with Crippen molar-refractivity contribution in [3.8, 4) is 0 Å². The summed E-state index contributed by atoms with van der Waals surface area (Å²) in [5.41, 5.74) is 4.77. The Morgan fingerprint density at radius 2 is 1.71 bits per heavy atom. The molecule has 0 unspecified atom stereocenters. The van der Waals surface area contributed by atoms with E-state index >= 15 is 0 Å². The largest absolute Gasteiger partial charge is 0.348 e. The van der Waals surface area contributed by atoms with Gasteiger partial charge < -0.3 is 5.32 Å². The smallest absolute Gasteiger partial charge is 0.261 e. The van der Waals surface area contributed by atoms with Crippen LogP contribution in [-0.2, 0) is 23.1 Å². The SMILES string of the molecule is Cc1cccc(NS(=O)(=O)c2ccc(C(=O)NCc3cccc(Cn4cncn4)c3)cc2)c1C. The number of anilines is 1. The maximum atomic E-state index is 12.8. The van der Waals surface area contributed by atoms with Crippen LogP contribution < -0.4 is 10.0 Å². The van der Waals surface area contributed by atoms with Gasteiger partial charge in [0.25, 0.3) is 15.9 Å². The summed E-state index contributed by atoms with van der Waals surface area (Å²) in [6, 6.07) is 19.2. The van der Waals surface area contributed by atoms with Crippen LogP contribution >= 0.6 is 0 Å². The van der Waals surface area contributed by atoms with Crippen molar-refractivity contribution in [1.82, 2.24) is 20.1 Å². The first-order chi connectivity index (χ1) is 16.3. The summed E-state index contributed by atoms with van der Waals surface area (Å²) in [5.74, 6) is -0.284. The van der Waals surface area contributed by atoms with Crippen LogP contribution in [0.25, 0.3) is 0 Å². The number of aryl methyl sites for hydroxylation is 1. The molecule has 4 rings (SSSR count). The topological polar surface area (TPSA) is 106 Å². The van der Waals surface area contributed by atoms with Crippen LogP contribution in [0.2, 0.25) is 0 Å². The molecule has 0 aliphatic carbocycles. The fourth-order valence-electron chi connectivity index (χ4n) is 3.47. The highest BCUT2D eigenvalue weighted by molar-refractivity contribution is 7.92. The third kappa shape index (κ3) is 5.49. The van der Waals surface area contributed by atoms with Crippen LogP contribution in [0.4, 0.5) is 5.69 Å². The van der Waals surface area contributed by atoms with Crippen LogP contribution in [0.15, 0.2) is 84.3 Å². The van der Waals surface area contributed by atoms with Gasteiger partial charge in [0.05, 0.1) is 17.1 Å². The molecule has 9 heteroatoms. The maximum Gasteiger partial charge on any atom is 0.261 e. The predicted molar refractivity (Wildman–Crippen MR) is 130 cm³/mol. The fourth-order valence-corrected chi connectivity index (χ4v) is 4.60. The Labute approximate surface area is 198 Å². The van der Waals surface area contributed by atoms with Gasteiger partial charge in [0, 0.05) is 12.1 Å². The second-order valence-electron chi connectivity index (χ2n) is 7.97. The van der Waals surface area contributed by atoms with Gasteiger partial charge in [-0.1, -0.05) is 36.4 Å². The van der Waals surface area contributed by atoms with Gasteiger partial charge in [-0.25, -0.2) is 18.1 Å². The van der Waals surface area contributed by atoms with E-state index in [2.05, 4.69) is 20.1 Å². The molecule has 1 aromatic heterocycles. The van der Waals surface area contributed by atoms with E-state index in [4.69, 9.17) is 0 Å². The van der Waals surface area contributed by atoms with E-state index in [9.17, 15) is 13.2 Å². The average Bonchev–Trinajstić information content (AvgIpc) is 3.34. The summed E-state index contributed by atoms with van der Waals surface area (Å²) in [7, 11) is -3.77. The Hall–Kier alpha value is -3.98. The highest BCUT2D eigenvalue weighted by atomic mass is 32.2. The molecule has 3 aromatic carbocycles. The molecule has 0 saturated carbocycles. The highest BCUT2D eigenvalue weighted by Gasteiger charge is 2.16. The molecule has 1 heterocycles. The second-order valence-corrected chi connectivity index (χ2v) is 9.66. The molecule has 0 atom stereocenters. The number of nitrogens with one attached hydrogen (secondary N) is 2. The first-order valence-corrected chi connectivity index (χ1v) is 12.2. The lowest BCUT2D eigenvalue weighted by molar-refractivity contribution is 0.0951. The van der Waals surface area contributed by atoms with Crippen LogP contribution in [-0.4, -0.2) is 29.1 Å². The summed E-state index contributed by atoms with van der Waals surface area (Å²) >= 11 is 0. The lowest BCUT2D eigenvalue weighted by Crippen LogP contribution is -2.23. The van der Waals surface area contributed by atoms with Gasteiger partial charge in [-0.3, -0.25) is 9.52 Å². The Balaban J connectivity index is 1.39. The van der Waals surface area contributed by atoms with Crippen molar-refractivity contribution in [2.24, 2.45) is 0 Å². The van der Waals surface area contributed by atoms with E-state index in [0.29, 0.717) is 24.3 Å². The summed E-state index contributed by atoms with van der Waals surface area (Å²) in [4.78, 5) is 16.6. The van der Waals surface area contributed by atoms with Gasteiger partial charge in [-0.2, -0.15) is 5.10 Å². The van der Waals surface area contributed by atoms with Gasteiger partial charge in [0.15, 0.2) is 0 Å². The number of hydrogen-bond acceptors (Lipinski definition) is 5. The van der Waals surface area contributed by atoms with Crippen LogP contribution in [0.5, 0.6) is 0 Å². The third-order valence-electron chi connectivity index (χ3n) is 5.53. The fraction of sp³-hybridized carbons (Fsp3) is 0.160. The van der Waals surface area contributed by atoms with E-state index in [-0.39, 0.29) is 10.8 Å². The maximum absolute atomic E-state index is 12.8. The van der Waals surface area contributed by atoms with Crippen molar-refractivity contribution in [3.05, 3.63) is 107 Å². The molecule has 4 aromatic rings. The van der Waals surface area contributed by atoms with E-state index in [1.54, 1.807) is 23.1 Å². The van der Waals surface area contributed by atoms with Gasteiger partial charge in [-0.05, 0) is 66.4 Å². The normalized spacial score (nSPS) is 11.2. The van der Waals surface area contributed by atoms with Crippen LogP contribution in [0, 0.1) is 13.8 Å². The summed E-state index contributed by atoms with van der Waals surface area (Å²) in [5, 5.41) is 6.97. The number of sulfonamides is 1. The minimum atomic E-state index is -3.77. The zero-order valence-electron chi connectivity index (χ0n) is 18.9. The molecular weight excluding hydrogens is 450 g/mol. The lowest BCUT2D eigenvalue weighted by Gasteiger charge is -2.12. The number of aromatic nitrogens is 3. The molecule has 1 amide bonds. The Bertz CT molecular complexity index is 1400. The second kappa shape index (κ2) is 9.88. The lowest BCUT2D eigenvalue weighted by atomic mass is 10.1. The molecule has 0 spiro atoms. The van der Waals surface area contributed by atoms with Crippen molar-refractivity contribution in [1.29, 1.82) is 0 Å². The van der Waals surface area contributed by atoms with E-state index < -0.39 is 10.0 Å². The van der Waals surface area contributed by atoms with Crippen molar-refractivity contribution in [2.75, 3.05) is 4.72 Å². The van der Waals surface area contributed by atoms with Gasteiger partial charge in [-0.15, -0.1) is 0 Å². The number of hydrogen-bond donors (Lipinski definition) is 2. The Morgan fingerprint density at radius 1 is 0.971 bits per heavy atom. The number of benzene rings is 3. The van der Waals surface area contributed by atoms with Crippen molar-refractivity contribution in [3.63, 3.8) is 0 Å². The quantitative estimate of drug-likeness (QED) is 0.404. The van der Waals surface area contributed by atoms with Gasteiger partial charge >= 0.3 is 0 Å². The minimum absolute atomic E-state index is 0.0887. The van der Waals surface area contributed by atoms with Gasteiger partial charge in [0.1, 0.15) is 12.7 Å². The number of carbonyl (C=O) groups is 1. The van der Waals surface area contributed by atoms with Crippen LogP contribution in [0.3, 0.4) is 0 Å². The van der Waals surface area contributed by atoms with E-state index in [1.165, 1.54) is 30.6 Å². The zero-order valence-corrected chi connectivity index (χ0v) is 19.7. The molecule has 0 radical (unpaired) electrons. The number of nitrogens with zero attached hydrogens (tertiary/aromatic N) is 3. The molecule has 174 valence electrons. The van der Waals surface area contributed by atoms with Gasteiger partial charge in [0.2, 0.25) is 0 Å². The molecule has 0 aliphatic rings. The molecule has 8 nitrogen and oxygen atoms in total. The Kier molecular flexibility index (Phi) is 6.74. The van der Waals surface area contributed by atoms with E-state index in [0.717, 1.165) is 22.3 Å². The number of carbonyl (C=O) groups excluding carboxylic acids is 1. The first-order valence-electron chi connectivity index (χ1n) is 10.7. The average molecular weight is 476 g/mol. The summed E-state index contributed by atoms with van der Waals surface area (Å²) < 4.78 is 29.9. The summed E-state index contributed by atoms with van der Waals surface area (Å²) in [6.07, 6.45) is 3.14. The minimum Gasteiger partial charge on any atom is -0.348 e. The van der Waals surface area contributed by atoms with Crippen molar-refractivity contribution < 1.29 is 13.2 Å².